The van der Waals surface area contributed by atoms with E-state index < -0.39 is 0 Å². The van der Waals surface area contributed by atoms with Gasteiger partial charge < -0.3 is 10.2 Å². The monoisotopic (exact) mass is 255 g/mol. The third-order valence-electron chi connectivity index (χ3n) is 3.52. The Hall–Kier alpha value is -0.220. The second-order valence-electron chi connectivity index (χ2n) is 5.20. The molecule has 2 heterocycles. The number of piperidine rings is 1. The van der Waals surface area contributed by atoms with Crippen molar-refractivity contribution < 1.29 is 0 Å². The molecular formula is C13H25N3S. The van der Waals surface area contributed by atoms with Crippen LogP contribution in [-0.4, -0.2) is 47.5 Å². The lowest BCUT2D eigenvalue weighted by Gasteiger charge is -2.29. The van der Waals surface area contributed by atoms with E-state index in [1.165, 1.54) is 43.9 Å². The van der Waals surface area contributed by atoms with Gasteiger partial charge >= 0.3 is 0 Å². The molecule has 98 valence electrons. The predicted octanol–water partition coefficient (Wildman–Crippen LogP) is 2.33. The molecule has 2 unspecified atom stereocenters. The smallest absolute Gasteiger partial charge is 0.157 e. The van der Waals surface area contributed by atoms with Crippen LogP contribution in [0.4, 0.5) is 0 Å². The summed E-state index contributed by atoms with van der Waals surface area (Å²) in [6.45, 7) is 9.24. The quantitative estimate of drug-likeness (QED) is 0.835. The zero-order chi connectivity index (χ0) is 12.1. The number of nitrogens with one attached hydrogen (secondary N) is 1. The lowest BCUT2D eigenvalue weighted by molar-refractivity contribution is 0.215. The molecule has 0 spiro atoms. The summed E-state index contributed by atoms with van der Waals surface area (Å²) >= 11 is 1.92. The van der Waals surface area contributed by atoms with Gasteiger partial charge in [-0.05, 0) is 39.3 Å². The fourth-order valence-electron chi connectivity index (χ4n) is 2.49. The van der Waals surface area contributed by atoms with E-state index in [4.69, 9.17) is 0 Å². The summed E-state index contributed by atoms with van der Waals surface area (Å²) in [7, 11) is 0. The van der Waals surface area contributed by atoms with E-state index in [9.17, 15) is 0 Å². The Morgan fingerprint density at radius 1 is 1.41 bits per heavy atom. The van der Waals surface area contributed by atoms with Gasteiger partial charge in [-0.25, -0.2) is 0 Å². The minimum atomic E-state index is 0.523. The van der Waals surface area contributed by atoms with Gasteiger partial charge in [-0.15, -0.1) is 0 Å². The summed E-state index contributed by atoms with van der Waals surface area (Å²) < 4.78 is 0. The van der Waals surface area contributed by atoms with Gasteiger partial charge in [0.05, 0.1) is 6.54 Å². The maximum atomic E-state index is 4.57. The normalized spacial score (nSPS) is 27.9. The molecule has 1 N–H and O–H groups in total. The van der Waals surface area contributed by atoms with Crippen molar-refractivity contribution in [3.63, 3.8) is 0 Å². The molecule has 3 nitrogen and oxygen atoms in total. The number of likely N-dealkylation sites (tertiary alicyclic amines) is 1. The highest BCUT2D eigenvalue weighted by molar-refractivity contribution is 8.14. The van der Waals surface area contributed by atoms with Gasteiger partial charge in [0.2, 0.25) is 0 Å². The van der Waals surface area contributed by atoms with Crippen molar-refractivity contribution in [1.82, 2.24) is 10.2 Å². The minimum Gasteiger partial charge on any atom is -0.361 e. The third kappa shape index (κ3) is 4.18. The van der Waals surface area contributed by atoms with E-state index in [1.807, 2.05) is 11.8 Å². The van der Waals surface area contributed by atoms with Gasteiger partial charge in [-0.1, -0.05) is 25.1 Å². The van der Waals surface area contributed by atoms with Crippen LogP contribution in [0.1, 0.15) is 39.5 Å². The predicted molar refractivity (Wildman–Crippen MR) is 76.9 cm³/mol. The van der Waals surface area contributed by atoms with Crippen LogP contribution < -0.4 is 5.32 Å². The van der Waals surface area contributed by atoms with Crippen molar-refractivity contribution in [2.75, 3.05) is 26.2 Å². The molecule has 2 rings (SSSR count). The van der Waals surface area contributed by atoms with Crippen LogP contribution in [0.25, 0.3) is 0 Å². The van der Waals surface area contributed by atoms with Gasteiger partial charge in [0.15, 0.2) is 5.17 Å². The van der Waals surface area contributed by atoms with Crippen molar-refractivity contribution in [2.45, 2.75) is 50.8 Å². The van der Waals surface area contributed by atoms with Crippen molar-refractivity contribution in [1.29, 1.82) is 0 Å². The first kappa shape index (κ1) is 13.2. The molecule has 0 aliphatic carbocycles. The van der Waals surface area contributed by atoms with Crippen molar-refractivity contribution >= 4 is 16.9 Å². The Labute approximate surface area is 109 Å². The van der Waals surface area contributed by atoms with E-state index >= 15 is 0 Å². The van der Waals surface area contributed by atoms with Gasteiger partial charge in [0.1, 0.15) is 0 Å². The Kier molecular flexibility index (Phi) is 5.16. The van der Waals surface area contributed by atoms with Gasteiger partial charge in [0, 0.05) is 17.8 Å². The average Bonchev–Trinajstić information content (AvgIpc) is 2.78. The van der Waals surface area contributed by atoms with Crippen LogP contribution in [0, 0.1) is 0 Å². The number of hydrogen-bond donors (Lipinski definition) is 1. The topological polar surface area (TPSA) is 27.6 Å². The maximum Gasteiger partial charge on any atom is 0.157 e. The molecule has 0 aromatic heterocycles. The van der Waals surface area contributed by atoms with Crippen LogP contribution in [0.5, 0.6) is 0 Å². The first-order valence-corrected chi connectivity index (χ1v) is 7.86. The number of amidine groups is 1. The lowest BCUT2D eigenvalue weighted by Crippen LogP contribution is -2.42. The van der Waals surface area contributed by atoms with E-state index in [0.717, 1.165) is 13.1 Å². The second-order valence-corrected chi connectivity index (χ2v) is 6.49. The molecule has 0 saturated carbocycles. The first-order valence-electron chi connectivity index (χ1n) is 6.98. The molecule has 2 aliphatic heterocycles. The molecule has 0 radical (unpaired) electrons. The molecule has 2 aliphatic rings. The Balaban J connectivity index is 1.68. The van der Waals surface area contributed by atoms with Gasteiger partial charge in [-0.3, -0.25) is 4.99 Å². The van der Waals surface area contributed by atoms with E-state index in [0.29, 0.717) is 11.3 Å². The molecule has 0 amide bonds. The van der Waals surface area contributed by atoms with Gasteiger partial charge in [0.25, 0.3) is 0 Å². The summed E-state index contributed by atoms with van der Waals surface area (Å²) in [5, 5.41) is 5.44. The molecule has 0 aromatic carbocycles. The molecule has 0 bridgehead atoms. The number of rotatable bonds is 4. The average molecular weight is 255 g/mol. The van der Waals surface area contributed by atoms with Crippen molar-refractivity contribution in [3.05, 3.63) is 0 Å². The number of aliphatic imine (C=N–C) groups is 1. The summed E-state index contributed by atoms with van der Waals surface area (Å²) in [4.78, 5) is 7.15. The summed E-state index contributed by atoms with van der Waals surface area (Å²) in [5.41, 5.74) is 0. The molecule has 4 heteroatoms. The van der Waals surface area contributed by atoms with Crippen molar-refractivity contribution in [3.8, 4) is 0 Å². The summed E-state index contributed by atoms with van der Waals surface area (Å²) in [6.07, 6.45) is 5.39. The van der Waals surface area contributed by atoms with Crippen LogP contribution in [0.2, 0.25) is 0 Å². The molecule has 1 saturated heterocycles. The Morgan fingerprint density at radius 3 is 2.82 bits per heavy atom. The third-order valence-corrected chi connectivity index (χ3v) is 4.81. The zero-order valence-corrected chi connectivity index (χ0v) is 11.9. The van der Waals surface area contributed by atoms with E-state index in [-0.39, 0.29) is 0 Å². The minimum absolute atomic E-state index is 0.523. The number of nitrogens with zero attached hydrogens (tertiary/aromatic N) is 2. The lowest BCUT2D eigenvalue weighted by atomic mass is 10.1. The highest BCUT2D eigenvalue weighted by Gasteiger charge is 2.20. The Bertz CT molecular complexity index is 261. The summed E-state index contributed by atoms with van der Waals surface area (Å²) in [6, 6.07) is 0.523. The zero-order valence-electron chi connectivity index (χ0n) is 11.1. The molecular weight excluding hydrogens is 230 g/mol. The largest absolute Gasteiger partial charge is 0.361 e. The highest BCUT2D eigenvalue weighted by Crippen LogP contribution is 2.22. The van der Waals surface area contributed by atoms with E-state index in [1.54, 1.807) is 0 Å². The number of thioether (sulfide) groups is 1. The van der Waals surface area contributed by atoms with Gasteiger partial charge in [-0.2, -0.15) is 0 Å². The first-order chi connectivity index (χ1) is 8.28. The van der Waals surface area contributed by atoms with Crippen LogP contribution in [0.3, 0.4) is 0 Å². The van der Waals surface area contributed by atoms with Crippen LogP contribution >= 0.6 is 11.8 Å². The number of hydrogen-bond acceptors (Lipinski definition) is 4. The molecule has 0 aromatic rings. The fraction of sp³-hybridized carbons (Fsp3) is 0.923. The van der Waals surface area contributed by atoms with Crippen LogP contribution in [-0.2, 0) is 0 Å². The maximum absolute atomic E-state index is 4.57. The SMILES string of the molecule is CCC1CN=C(NC(C)CN2CCCCC2)S1. The molecule has 2 atom stereocenters. The van der Waals surface area contributed by atoms with E-state index in [2.05, 4.69) is 29.1 Å². The highest BCUT2D eigenvalue weighted by atomic mass is 32.2. The molecule has 1 fully saturated rings. The van der Waals surface area contributed by atoms with Crippen molar-refractivity contribution in [2.24, 2.45) is 4.99 Å². The molecule has 17 heavy (non-hydrogen) atoms. The van der Waals surface area contributed by atoms with Crippen LogP contribution in [0.15, 0.2) is 4.99 Å². The standard InChI is InChI=1S/C13H25N3S/c1-3-12-9-14-13(17-12)15-11(2)10-16-7-5-4-6-8-16/h11-12H,3-10H2,1-2H3,(H,14,15). The second kappa shape index (κ2) is 6.64. The fourth-order valence-corrected chi connectivity index (χ4v) is 3.54. The summed E-state index contributed by atoms with van der Waals surface area (Å²) in [5.74, 6) is 0. The Morgan fingerprint density at radius 2 is 2.18 bits per heavy atom.